The Morgan fingerprint density at radius 2 is 1.43 bits per heavy atom. The number of hydrogen-bond acceptors (Lipinski definition) is 6. The van der Waals surface area contributed by atoms with Gasteiger partial charge < -0.3 is 20.4 Å². The average Bonchev–Trinajstić information content (AvgIpc) is 2.89. The largest absolute Gasteiger partial charge is 0.486 e. The van der Waals surface area contributed by atoms with Gasteiger partial charge in [0.2, 0.25) is 11.8 Å². The number of rotatable bonds is 7. The summed E-state index contributed by atoms with van der Waals surface area (Å²) in [6.07, 6.45) is 3.48. The Kier molecular flexibility index (Phi) is 7.32. The van der Waals surface area contributed by atoms with Gasteiger partial charge in [0, 0.05) is 24.5 Å². The molecule has 3 N–H and O–H groups in total. The van der Waals surface area contributed by atoms with Crippen molar-refractivity contribution in [3.63, 3.8) is 0 Å². The van der Waals surface area contributed by atoms with E-state index in [0.29, 0.717) is 11.8 Å². The van der Waals surface area contributed by atoms with Crippen molar-refractivity contribution in [2.24, 2.45) is 0 Å². The Hall–Kier alpha value is -3.90. The van der Waals surface area contributed by atoms with Crippen LogP contribution in [0.25, 0.3) is 11.1 Å². The SMILES string of the molecule is COc1cc(-c2cccc3c2CCC(Cc2ccccc2)(Cc2ccccc2)O3)c(OC)nn1.N. The summed E-state index contributed by atoms with van der Waals surface area (Å²) in [5.74, 6) is 1.83. The number of fused-ring (bicyclic) bond motifs is 1. The minimum Gasteiger partial charge on any atom is -0.486 e. The zero-order valence-corrected chi connectivity index (χ0v) is 20.2. The summed E-state index contributed by atoms with van der Waals surface area (Å²) < 4.78 is 17.8. The Labute approximate surface area is 206 Å². The maximum atomic E-state index is 6.91. The summed E-state index contributed by atoms with van der Waals surface area (Å²) in [5.41, 5.74) is 5.29. The van der Waals surface area contributed by atoms with Crippen LogP contribution in [0.1, 0.15) is 23.1 Å². The zero-order valence-electron chi connectivity index (χ0n) is 20.2. The van der Waals surface area contributed by atoms with Gasteiger partial charge in [-0.15, -0.1) is 10.2 Å². The molecule has 0 amide bonds. The Balaban J connectivity index is 0.00000289. The van der Waals surface area contributed by atoms with Gasteiger partial charge in [0.25, 0.3) is 0 Å². The molecule has 0 fully saturated rings. The monoisotopic (exact) mass is 469 g/mol. The maximum Gasteiger partial charge on any atom is 0.241 e. The van der Waals surface area contributed by atoms with Crippen LogP contribution in [-0.4, -0.2) is 30.0 Å². The van der Waals surface area contributed by atoms with E-state index in [9.17, 15) is 0 Å². The quantitative estimate of drug-likeness (QED) is 0.364. The third-order valence-corrected chi connectivity index (χ3v) is 6.46. The molecule has 0 radical (unpaired) electrons. The Morgan fingerprint density at radius 3 is 2.03 bits per heavy atom. The zero-order chi connectivity index (χ0) is 23.4. The van der Waals surface area contributed by atoms with Gasteiger partial charge in [0.15, 0.2) is 0 Å². The lowest BCUT2D eigenvalue weighted by molar-refractivity contribution is 0.0466. The molecule has 3 aromatic carbocycles. The second-order valence-electron chi connectivity index (χ2n) is 8.70. The van der Waals surface area contributed by atoms with Crippen LogP contribution in [0.5, 0.6) is 17.5 Å². The number of nitrogens with zero attached hydrogens (tertiary/aromatic N) is 2. The van der Waals surface area contributed by atoms with Crippen LogP contribution in [0.3, 0.4) is 0 Å². The van der Waals surface area contributed by atoms with E-state index in [4.69, 9.17) is 14.2 Å². The number of hydrogen-bond donors (Lipinski definition) is 1. The van der Waals surface area contributed by atoms with Crippen LogP contribution < -0.4 is 20.4 Å². The van der Waals surface area contributed by atoms with Crippen LogP contribution in [0.15, 0.2) is 84.9 Å². The summed E-state index contributed by atoms with van der Waals surface area (Å²) in [6, 6.07) is 29.3. The van der Waals surface area contributed by atoms with Gasteiger partial charge in [0.05, 0.1) is 19.8 Å². The fraction of sp³-hybridized carbons (Fsp3) is 0.241. The highest BCUT2D eigenvalue weighted by Gasteiger charge is 2.38. The van der Waals surface area contributed by atoms with Gasteiger partial charge in [-0.25, -0.2) is 0 Å². The molecule has 0 saturated carbocycles. The average molecular weight is 470 g/mol. The molecule has 180 valence electrons. The van der Waals surface area contributed by atoms with Crippen molar-refractivity contribution in [3.05, 3.63) is 102 Å². The molecule has 6 heteroatoms. The van der Waals surface area contributed by atoms with Crippen molar-refractivity contribution in [3.8, 4) is 28.6 Å². The van der Waals surface area contributed by atoms with E-state index in [2.05, 4.69) is 83.0 Å². The molecule has 5 rings (SSSR count). The molecule has 1 aliphatic heterocycles. The highest BCUT2D eigenvalue weighted by atomic mass is 16.5. The number of methoxy groups -OCH3 is 2. The lowest BCUT2D eigenvalue weighted by Gasteiger charge is -2.40. The third-order valence-electron chi connectivity index (χ3n) is 6.46. The topological polar surface area (TPSA) is 88.5 Å². The van der Waals surface area contributed by atoms with E-state index in [1.165, 1.54) is 11.1 Å². The number of benzene rings is 3. The van der Waals surface area contributed by atoms with Crippen molar-refractivity contribution in [1.82, 2.24) is 16.3 Å². The lowest BCUT2D eigenvalue weighted by Crippen LogP contribution is -2.44. The molecule has 0 aliphatic carbocycles. The summed E-state index contributed by atoms with van der Waals surface area (Å²) in [7, 11) is 3.20. The normalized spacial score (nSPS) is 13.7. The maximum absolute atomic E-state index is 6.91. The summed E-state index contributed by atoms with van der Waals surface area (Å²) >= 11 is 0. The molecule has 4 aromatic rings. The van der Waals surface area contributed by atoms with Gasteiger partial charge in [-0.3, -0.25) is 0 Å². The molecule has 1 aromatic heterocycles. The summed E-state index contributed by atoms with van der Waals surface area (Å²) in [6.45, 7) is 0. The standard InChI is InChI=1S/C29H28N2O3.H3N/c1-32-27-18-25(28(33-2)31-30-27)23-14-9-15-26-24(23)16-17-29(34-26,19-21-10-5-3-6-11-21)20-22-12-7-4-8-13-22;/h3-15,18H,16-17,19-20H2,1-2H3;1H3. The molecule has 0 unspecified atom stereocenters. The Bertz CT molecular complexity index is 1220. The van der Waals surface area contributed by atoms with Crippen LogP contribution in [0.2, 0.25) is 0 Å². The molecular formula is C29H31N3O3. The lowest BCUT2D eigenvalue weighted by atomic mass is 9.80. The molecule has 0 saturated heterocycles. The fourth-order valence-corrected chi connectivity index (χ4v) is 4.86. The van der Waals surface area contributed by atoms with E-state index in [0.717, 1.165) is 48.1 Å². The van der Waals surface area contributed by atoms with Crippen LogP contribution in [0.4, 0.5) is 0 Å². The first-order valence-corrected chi connectivity index (χ1v) is 11.5. The van der Waals surface area contributed by atoms with E-state index in [1.807, 2.05) is 12.1 Å². The first-order valence-electron chi connectivity index (χ1n) is 11.5. The van der Waals surface area contributed by atoms with Crippen molar-refractivity contribution < 1.29 is 14.2 Å². The van der Waals surface area contributed by atoms with Gasteiger partial charge in [-0.05, 0) is 35.6 Å². The third kappa shape index (κ3) is 5.12. The molecular weight excluding hydrogens is 438 g/mol. The predicted octanol–water partition coefficient (Wildman–Crippen LogP) is 5.87. The fourth-order valence-electron chi connectivity index (χ4n) is 4.86. The van der Waals surface area contributed by atoms with Crippen LogP contribution >= 0.6 is 0 Å². The van der Waals surface area contributed by atoms with Crippen molar-refractivity contribution >= 4 is 0 Å². The van der Waals surface area contributed by atoms with Gasteiger partial charge in [0.1, 0.15) is 11.4 Å². The second kappa shape index (κ2) is 10.6. The highest BCUT2D eigenvalue weighted by molar-refractivity contribution is 5.75. The van der Waals surface area contributed by atoms with Crippen molar-refractivity contribution in [2.75, 3.05) is 14.2 Å². The summed E-state index contributed by atoms with van der Waals surface area (Å²) in [4.78, 5) is 0. The smallest absolute Gasteiger partial charge is 0.241 e. The summed E-state index contributed by atoms with van der Waals surface area (Å²) in [5, 5.41) is 8.25. The molecule has 1 aliphatic rings. The minimum atomic E-state index is -0.327. The molecule has 0 atom stereocenters. The van der Waals surface area contributed by atoms with Crippen molar-refractivity contribution in [2.45, 2.75) is 31.3 Å². The minimum absolute atomic E-state index is 0. The molecule has 2 heterocycles. The number of ether oxygens (including phenoxy) is 3. The van der Waals surface area contributed by atoms with E-state index >= 15 is 0 Å². The van der Waals surface area contributed by atoms with E-state index in [-0.39, 0.29) is 11.8 Å². The van der Waals surface area contributed by atoms with Crippen LogP contribution in [-0.2, 0) is 19.3 Å². The molecule has 6 nitrogen and oxygen atoms in total. The highest BCUT2D eigenvalue weighted by Crippen LogP contribution is 2.43. The number of aromatic nitrogens is 2. The molecule has 0 spiro atoms. The van der Waals surface area contributed by atoms with E-state index in [1.54, 1.807) is 14.2 Å². The molecule has 35 heavy (non-hydrogen) atoms. The van der Waals surface area contributed by atoms with Gasteiger partial charge >= 0.3 is 0 Å². The van der Waals surface area contributed by atoms with Crippen LogP contribution in [0, 0.1) is 0 Å². The van der Waals surface area contributed by atoms with E-state index < -0.39 is 0 Å². The van der Waals surface area contributed by atoms with Gasteiger partial charge in [-0.1, -0.05) is 72.8 Å². The first kappa shape index (κ1) is 24.2. The van der Waals surface area contributed by atoms with Crippen molar-refractivity contribution in [1.29, 1.82) is 0 Å². The second-order valence-corrected chi connectivity index (χ2v) is 8.70. The van der Waals surface area contributed by atoms with Gasteiger partial charge in [-0.2, -0.15) is 0 Å². The molecule has 0 bridgehead atoms. The predicted molar refractivity (Wildman–Crippen MR) is 138 cm³/mol. The first-order chi connectivity index (χ1) is 16.7. The Morgan fingerprint density at radius 1 is 0.771 bits per heavy atom.